The van der Waals surface area contributed by atoms with E-state index in [9.17, 15) is 9.59 Å². The van der Waals surface area contributed by atoms with Crippen LogP contribution in [-0.2, 0) is 0 Å². The molecule has 1 heterocycles. The molecule has 0 aliphatic heterocycles. The van der Waals surface area contributed by atoms with Crippen molar-refractivity contribution in [1.82, 2.24) is 9.97 Å². The van der Waals surface area contributed by atoms with Gasteiger partial charge in [0.2, 0.25) is 5.95 Å². The van der Waals surface area contributed by atoms with E-state index in [1.807, 2.05) is 6.07 Å². The van der Waals surface area contributed by atoms with Crippen molar-refractivity contribution >= 4 is 29.4 Å². The first-order valence-electron chi connectivity index (χ1n) is 8.47. The van der Waals surface area contributed by atoms with Crippen molar-refractivity contribution in [2.24, 2.45) is 0 Å². The number of benzene rings is 2. The number of hydrogen-bond acceptors (Lipinski definition) is 6. The van der Waals surface area contributed by atoms with Crippen molar-refractivity contribution < 1.29 is 14.3 Å². The van der Waals surface area contributed by atoms with Gasteiger partial charge in [-0.05, 0) is 30.3 Å². The molecule has 0 saturated carbocycles. The van der Waals surface area contributed by atoms with Gasteiger partial charge in [0.25, 0.3) is 11.8 Å². The van der Waals surface area contributed by atoms with Crippen LogP contribution in [0.25, 0.3) is 0 Å². The lowest BCUT2D eigenvalue weighted by molar-refractivity contribution is 0.101. The zero-order valence-corrected chi connectivity index (χ0v) is 15.4. The smallest absolute Gasteiger partial charge is 0.258 e. The number of carbonyl (C=O) groups excluding carboxylic acids is 2. The van der Waals surface area contributed by atoms with Crippen LogP contribution in [0, 0.1) is 0 Å². The third-order valence-electron chi connectivity index (χ3n) is 3.82. The number of hydrogen-bond donors (Lipinski definition) is 3. The van der Waals surface area contributed by atoms with Crippen LogP contribution in [0.1, 0.15) is 20.7 Å². The van der Waals surface area contributed by atoms with Gasteiger partial charge < -0.3 is 15.4 Å². The minimum absolute atomic E-state index is 0.0584. The van der Waals surface area contributed by atoms with Gasteiger partial charge in [-0.25, -0.2) is 0 Å². The molecule has 2 aromatic carbocycles. The maximum Gasteiger partial charge on any atom is 0.258 e. The third-order valence-corrected chi connectivity index (χ3v) is 3.82. The summed E-state index contributed by atoms with van der Waals surface area (Å²) < 4.78 is 5.13. The maximum absolute atomic E-state index is 12.5. The second-order valence-corrected chi connectivity index (χ2v) is 5.72. The first kappa shape index (κ1) is 18.8. The Hall–Kier alpha value is -3.94. The molecular weight excluding hydrogens is 358 g/mol. The molecule has 28 heavy (non-hydrogen) atoms. The summed E-state index contributed by atoms with van der Waals surface area (Å²) in [5.41, 5.74) is 0.891. The van der Waals surface area contributed by atoms with Gasteiger partial charge in [0.1, 0.15) is 17.4 Å². The van der Waals surface area contributed by atoms with Gasteiger partial charge in [0.05, 0.1) is 7.11 Å². The molecule has 0 bridgehead atoms. The largest absolute Gasteiger partial charge is 0.497 e. The highest BCUT2D eigenvalue weighted by molar-refractivity contribution is 6.05. The van der Waals surface area contributed by atoms with Crippen molar-refractivity contribution in [3.05, 3.63) is 71.8 Å². The summed E-state index contributed by atoms with van der Waals surface area (Å²) in [6.45, 7) is 0. The topological polar surface area (TPSA) is 105 Å². The minimum atomic E-state index is -0.396. The zero-order chi connectivity index (χ0) is 19.9. The molecule has 0 unspecified atom stereocenters. The average molecular weight is 377 g/mol. The summed E-state index contributed by atoms with van der Waals surface area (Å²) in [5.74, 6) is 0.615. The summed E-state index contributed by atoms with van der Waals surface area (Å²) in [6.07, 6.45) is 0. The van der Waals surface area contributed by atoms with Crippen LogP contribution in [-0.4, -0.2) is 35.9 Å². The average Bonchev–Trinajstić information content (AvgIpc) is 2.74. The molecule has 142 valence electrons. The number of ether oxygens (including phenoxy) is 1. The summed E-state index contributed by atoms with van der Waals surface area (Å²) in [4.78, 5) is 33.2. The monoisotopic (exact) mass is 377 g/mol. The number of methoxy groups -OCH3 is 1. The van der Waals surface area contributed by atoms with E-state index in [0.29, 0.717) is 22.7 Å². The SMILES string of the molecule is CNc1cc(NC(=O)c2ccccc2)nc(NC(=O)c2cccc(OC)c2)n1. The molecular formula is C20H19N5O3. The molecule has 0 spiro atoms. The zero-order valence-electron chi connectivity index (χ0n) is 15.4. The third kappa shape index (κ3) is 4.61. The standard InChI is InChI=1S/C20H19N5O3/c1-21-16-12-17(22-18(26)13-7-4-3-5-8-13)24-20(23-16)25-19(27)14-9-6-10-15(11-14)28-2/h3-12H,1-2H3,(H3,21,22,23,24,25,26,27). The summed E-state index contributed by atoms with van der Waals surface area (Å²) in [7, 11) is 3.21. The van der Waals surface area contributed by atoms with E-state index < -0.39 is 5.91 Å². The molecule has 0 atom stereocenters. The number of rotatable bonds is 6. The molecule has 0 fully saturated rings. The van der Waals surface area contributed by atoms with Crippen LogP contribution >= 0.6 is 0 Å². The molecule has 0 saturated heterocycles. The molecule has 2 amide bonds. The van der Waals surface area contributed by atoms with Crippen LogP contribution in [0.15, 0.2) is 60.7 Å². The van der Waals surface area contributed by atoms with Crippen LogP contribution in [0.3, 0.4) is 0 Å². The Morgan fingerprint density at radius 2 is 1.50 bits per heavy atom. The molecule has 0 aliphatic carbocycles. The Morgan fingerprint density at radius 1 is 0.821 bits per heavy atom. The predicted molar refractivity (Wildman–Crippen MR) is 107 cm³/mol. The van der Waals surface area contributed by atoms with Crippen LogP contribution < -0.4 is 20.7 Å². The Balaban J connectivity index is 1.80. The lowest BCUT2D eigenvalue weighted by Crippen LogP contribution is -2.17. The quantitative estimate of drug-likeness (QED) is 0.610. The van der Waals surface area contributed by atoms with Gasteiger partial charge in [-0.3, -0.25) is 14.9 Å². The van der Waals surface area contributed by atoms with Crippen LogP contribution in [0.4, 0.5) is 17.6 Å². The molecule has 3 aromatic rings. The number of anilines is 3. The Morgan fingerprint density at radius 3 is 2.21 bits per heavy atom. The fraction of sp³-hybridized carbons (Fsp3) is 0.100. The van der Waals surface area contributed by atoms with Gasteiger partial charge in [0, 0.05) is 24.2 Å². The molecule has 8 heteroatoms. The molecule has 3 rings (SSSR count). The van der Waals surface area contributed by atoms with E-state index in [4.69, 9.17) is 4.74 Å². The van der Waals surface area contributed by atoms with E-state index in [1.54, 1.807) is 61.6 Å². The molecule has 8 nitrogen and oxygen atoms in total. The second-order valence-electron chi connectivity index (χ2n) is 5.72. The second kappa shape index (κ2) is 8.63. The highest BCUT2D eigenvalue weighted by Crippen LogP contribution is 2.17. The van der Waals surface area contributed by atoms with E-state index in [0.717, 1.165) is 0 Å². The van der Waals surface area contributed by atoms with E-state index >= 15 is 0 Å². The Bertz CT molecular complexity index is 992. The fourth-order valence-corrected chi connectivity index (χ4v) is 2.41. The number of nitrogens with zero attached hydrogens (tertiary/aromatic N) is 2. The fourth-order valence-electron chi connectivity index (χ4n) is 2.41. The minimum Gasteiger partial charge on any atom is -0.497 e. The van der Waals surface area contributed by atoms with E-state index in [1.165, 1.54) is 7.11 Å². The van der Waals surface area contributed by atoms with Crippen molar-refractivity contribution in [2.75, 3.05) is 30.1 Å². The first-order valence-corrected chi connectivity index (χ1v) is 8.47. The van der Waals surface area contributed by atoms with Crippen LogP contribution in [0.5, 0.6) is 5.75 Å². The Labute approximate surface area is 162 Å². The maximum atomic E-state index is 12.5. The predicted octanol–water partition coefficient (Wildman–Crippen LogP) is 3.03. The molecule has 3 N–H and O–H groups in total. The summed E-state index contributed by atoms with van der Waals surface area (Å²) in [6, 6.07) is 17.0. The van der Waals surface area contributed by atoms with Crippen molar-refractivity contribution in [3.63, 3.8) is 0 Å². The van der Waals surface area contributed by atoms with Gasteiger partial charge in [-0.15, -0.1) is 0 Å². The molecule has 0 radical (unpaired) electrons. The molecule has 0 aliphatic rings. The first-order chi connectivity index (χ1) is 13.6. The van der Waals surface area contributed by atoms with Crippen molar-refractivity contribution in [2.45, 2.75) is 0 Å². The highest BCUT2D eigenvalue weighted by atomic mass is 16.5. The molecule has 1 aromatic heterocycles. The normalized spacial score (nSPS) is 10.1. The number of carbonyl (C=O) groups is 2. The highest BCUT2D eigenvalue weighted by Gasteiger charge is 2.13. The summed E-state index contributed by atoms with van der Waals surface area (Å²) in [5, 5.41) is 8.21. The van der Waals surface area contributed by atoms with E-state index in [-0.39, 0.29) is 17.7 Å². The van der Waals surface area contributed by atoms with Gasteiger partial charge in [-0.2, -0.15) is 9.97 Å². The lowest BCUT2D eigenvalue weighted by Gasteiger charge is -2.10. The van der Waals surface area contributed by atoms with Crippen molar-refractivity contribution in [3.8, 4) is 5.75 Å². The van der Waals surface area contributed by atoms with Crippen molar-refractivity contribution in [1.29, 1.82) is 0 Å². The van der Waals surface area contributed by atoms with Gasteiger partial charge in [0.15, 0.2) is 0 Å². The summed E-state index contributed by atoms with van der Waals surface area (Å²) >= 11 is 0. The van der Waals surface area contributed by atoms with Gasteiger partial charge in [-0.1, -0.05) is 24.3 Å². The number of amides is 2. The Kier molecular flexibility index (Phi) is 5.81. The number of aromatic nitrogens is 2. The van der Waals surface area contributed by atoms with Gasteiger partial charge >= 0.3 is 0 Å². The van der Waals surface area contributed by atoms with Crippen LogP contribution in [0.2, 0.25) is 0 Å². The lowest BCUT2D eigenvalue weighted by atomic mass is 10.2. The number of nitrogens with one attached hydrogen (secondary N) is 3. The van der Waals surface area contributed by atoms with E-state index in [2.05, 4.69) is 25.9 Å².